The molecule has 0 radical (unpaired) electrons. The maximum absolute atomic E-state index is 14.3. The number of carbonyl (C=O) groups is 1. The minimum Gasteiger partial charge on any atom is -0.493 e. The molecule has 41 heavy (non-hydrogen) atoms. The first-order valence-electron chi connectivity index (χ1n) is 13.5. The summed E-state index contributed by atoms with van der Waals surface area (Å²) in [5, 5.41) is 25.2. The zero-order chi connectivity index (χ0) is 29.1. The lowest BCUT2D eigenvalue weighted by Crippen LogP contribution is -2.51. The van der Waals surface area contributed by atoms with Crippen LogP contribution in [0, 0.1) is 24.0 Å². The molecule has 0 saturated heterocycles. The van der Waals surface area contributed by atoms with Crippen molar-refractivity contribution < 1.29 is 23.8 Å². The maximum atomic E-state index is 14.3. The molecule has 3 saturated carbocycles. The predicted molar refractivity (Wildman–Crippen MR) is 152 cm³/mol. The van der Waals surface area contributed by atoms with Gasteiger partial charge in [-0.2, -0.15) is 0 Å². The van der Waals surface area contributed by atoms with Crippen molar-refractivity contribution in [2.75, 3.05) is 6.54 Å². The third kappa shape index (κ3) is 4.78. The van der Waals surface area contributed by atoms with E-state index in [0.29, 0.717) is 42.1 Å². The lowest BCUT2D eigenvalue weighted by Gasteiger charge is -2.51. The van der Waals surface area contributed by atoms with Gasteiger partial charge >= 0.3 is 5.69 Å². The van der Waals surface area contributed by atoms with Crippen molar-refractivity contribution in [3.05, 3.63) is 79.9 Å². The third-order valence-corrected chi connectivity index (χ3v) is 9.41. The number of aliphatic imine (C=N–C) groups is 1. The molecule has 1 aromatic heterocycles. The lowest BCUT2D eigenvalue weighted by atomic mass is 9.58. The number of rotatable bonds is 6. The first kappa shape index (κ1) is 27.4. The largest absolute Gasteiger partial charge is 0.493 e. The van der Waals surface area contributed by atoms with Gasteiger partial charge in [0, 0.05) is 28.9 Å². The van der Waals surface area contributed by atoms with E-state index in [4.69, 9.17) is 11.6 Å². The van der Waals surface area contributed by atoms with E-state index in [1.807, 2.05) is 6.92 Å². The Kier molecular flexibility index (Phi) is 6.66. The highest BCUT2D eigenvalue weighted by Crippen LogP contribution is 2.52. The molecular weight excluding hydrogens is 554 g/mol. The van der Waals surface area contributed by atoms with Crippen molar-refractivity contribution in [3.8, 4) is 5.88 Å². The van der Waals surface area contributed by atoms with Crippen molar-refractivity contribution in [1.29, 1.82) is 0 Å². The number of nitrogens with one attached hydrogen (secondary N) is 2. The van der Waals surface area contributed by atoms with Crippen LogP contribution in [0.25, 0.3) is 11.6 Å². The molecule has 0 spiro atoms. The van der Waals surface area contributed by atoms with E-state index in [1.165, 1.54) is 12.1 Å². The molecule has 2 aromatic carbocycles. The number of fused-ring (bicyclic) bond motifs is 4. The number of hydrogen-bond acceptors (Lipinski definition) is 5. The molecule has 3 fully saturated rings. The average molecular weight is 583 g/mol. The highest BCUT2D eigenvalue weighted by molar-refractivity contribution is 6.32. The third-order valence-electron chi connectivity index (χ3n) is 9.00. The molecule has 7 rings (SSSR count). The molecule has 11 heteroatoms. The smallest absolute Gasteiger partial charge is 0.329 e. The Balaban J connectivity index is 1.35. The number of H-pyrrole nitrogens is 1. The number of imidazole rings is 1. The Morgan fingerprint density at radius 2 is 1.88 bits per heavy atom. The number of allylic oxidation sites excluding steroid dienone is 1. The number of halogens is 3. The van der Waals surface area contributed by atoms with E-state index in [0.717, 1.165) is 47.1 Å². The molecule has 8 nitrogen and oxygen atoms in total. The van der Waals surface area contributed by atoms with Gasteiger partial charge in [-0.1, -0.05) is 23.7 Å². The summed E-state index contributed by atoms with van der Waals surface area (Å²) < 4.78 is 29.0. The van der Waals surface area contributed by atoms with E-state index in [2.05, 4.69) is 15.3 Å². The number of carbonyl (C=O) groups excluding carboxylic acids is 1. The maximum Gasteiger partial charge on any atom is 0.329 e. The molecule has 2 bridgehead atoms. The molecule has 3 aromatic rings. The summed E-state index contributed by atoms with van der Waals surface area (Å²) in [5.41, 5.74) is 1.21. The number of hydrogen-bond donors (Lipinski definition) is 4. The van der Waals surface area contributed by atoms with Crippen LogP contribution in [0.4, 0.5) is 14.5 Å². The SMILES string of the molecule is Cc1c(Cl)ccc2c1N=CC2=Cc1[nH]c(=O)n(C(C(=O)NCC23CCC(O)(CC2)CC3)c2ccc(F)c(F)c2)c1O. The van der Waals surface area contributed by atoms with Crippen LogP contribution in [0.5, 0.6) is 5.88 Å². The second kappa shape index (κ2) is 9.95. The Morgan fingerprint density at radius 3 is 2.56 bits per heavy atom. The highest BCUT2D eigenvalue weighted by atomic mass is 35.5. The van der Waals surface area contributed by atoms with Crippen LogP contribution in [0.3, 0.4) is 0 Å². The fourth-order valence-electron chi connectivity index (χ4n) is 6.33. The van der Waals surface area contributed by atoms with Gasteiger partial charge in [0.15, 0.2) is 11.6 Å². The fourth-order valence-corrected chi connectivity index (χ4v) is 6.48. The molecule has 2 heterocycles. The van der Waals surface area contributed by atoms with Crippen molar-refractivity contribution >= 4 is 41.1 Å². The number of benzene rings is 2. The van der Waals surface area contributed by atoms with E-state index in [1.54, 1.807) is 18.3 Å². The summed E-state index contributed by atoms with van der Waals surface area (Å²) in [6.45, 7) is 2.14. The van der Waals surface area contributed by atoms with Gasteiger partial charge < -0.3 is 20.5 Å². The molecule has 4 N–H and O–H groups in total. The number of amides is 1. The van der Waals surface area contributed by atoms with Gasteiger partial charge in [-0.3, -0.25) is 9.79 Å². The van der Waals surface area contributed by atoms with Crippen LogP contribution in [0.15, 0.2) is 40.1 Å². The lowest BCUT2D eigenvalue weighted by molar-refractivity contribution is -0.126. The van der Waals surface area contributed by atoms with Crippen LogP contribution < -0.4 is 11.0 Å². The Labute approximate surface area is 239 Å². The number of aliphatic hydroxyl groups is 1. The van der Waals surface area contributed by atoms with Crippen LogP contribution in [0.2, 0.25) is 5.02 Å². The van der Waals surface area contributed by atoms with E-state index >= 15 is 0 Å². The molecule has 1 aliphatic heterocycles. The number of aromatic hydroxyl groups is 1. The van der Waals surface area contributed by atoms with Gasteiger partial charge in [-0.25, -0.2) is 18.1 Å². The highest BCUT2D eigenvalue weighted by Gasteiger charge is 2.47. The predicted octanol–water partition coefficient (Wildman–Crippen LogP) is 5.17. The number of aromatic amines is 1. The molecule has 4 aliphatic rings. The zero-order valence-corrected chi connectivity index (χ0v) is 23.1. The summed E-state index contributed by atoms with van der Waals surface area (Å²) in [6.07, 6.45) is 7.33. The summed E-state index contributed by atoms with van der Waals surface area (Å²) in [7, 11) is 0. The van der Waals surface area contributed by atoms with E-state index in [9.17, 15) is 28.6 Å². The Bertz CT molecular complexity index is 1670. The summed E-state index contributed by atoms with van der Waals surface area (Å²) in [5.74, 6) is -3.48. The molecule has 214 valence electrons. The number of nitrogens with zero attached hydrogens (tertiary/aromatic N) is 2. The zero-order valence-electron chi connectivity index (χ0n) is 22.3. The van der Waals surface area contributed by atoms with Gasteiger partial charge in [-0.15, -0.1) is 0 Å². The van der Waals surface area contributed by atoms with Gasteiger partial charge in [0.05, 0.1) is 11.3 Å². The van der Waals surface area contributed by atoms with Crippen molar-refractivity contribution in [2.24, 2.45) is 10.4 Å². The standard InChI is InChI=1S/C30H29ClF2N4O4/c1-16-20(31)4-3-19-18(14-34-24(16)19)13-23-27(39)37(28(40)36-23)25(17-2-5-21(32)22(33)12-17)26(38)35-15-29-6-9-30(41,10-7-29)11-8-29/h2-5,12-14,25,39,41H,6-11,15H2,1H3,(H,35,38)(H,36,40). The van der Waals surface area contributed by atoms with Crippen LogP contribution in [-0.4, -0.2) is 44.0 Å². The number of aromatic nitrogens is 2. The van der Waals surface area contributed by atoms with Gasteiger partial charge in [0.1, 0.15) is 11.7 Å². The average Bonchev–Trinajstić information content (AvgIpc) is 3.49. The molecule has 1 atom stereocenters. The molecule has 1 amide bonds. The monoisotopic (exact) mass is 582 g/mol. The topological polar surface area (TPSA) is 120 Å². The molecule has 1 unspecified atom stereocenters. The molecular formula is C30H29ClF2N4O4. The van der Waals surface area contributed by atoms with Gasteiger partial charge in [0.25, 0.3) is 0 Å². The first-order valence-corrected chi connectivity index (χ1v) is 13.9. The van der Waals surface area contributed by atoms with E-state index < -0.39 is 40.8 Å². The van der Waals surface area contributed by atoms with E-state index in [-0.39, 0.29) is 16.7 Å². The minimum atomic E-state index is -1.48. The van der Waals surface area contributed by atoms with Crippen molar-refractivity contribution in [3.63, 3.8) is 0 Å². The summed E-state index contributed by atoms with van der Waals surface area (Å²) >= 11 is 6.21. The quantitative estimate of drug-likeness (QED) is 0.320. The summed E-state index contributed by atoms with van der Waals surface area (Å²) in [4.78, 5) is 33.9. The van der Waals surface area contributed by atoms with Crippen LogP contribution in [-0.2, 0) is 4.79 Å². The van der Waals surface area contributed by atoms with Gasteiger partial charge in [0.2, 0.25) is 11.8 Å². The summed E-state index contributed by atoms with van der Waals surface area (Å²) in [6, 6.07) is 4.97. The normalized spacial score (nSPS) is 24.6. The fraction of sp³-hybridized carbons (Fsp3) is 0.367. The Morgan fingerprint density at radius 1 is 1.17 bits per heavy atom. The van der Waals surface area contributed by atoms with Crippen molar-refractivity contribution in [1.82, 2.24) is 14.9 Å². The first-order chi connectivity index (χ1) is 19.5. The second-order valence-corrected chi connectivity index (χ2v) is 11.9. The van der Waals surface area contributed by atoms with Crippen LogP contribution >= 0.6 is 11.6 Å². The van der Waals surface area contributed by atoms with Gasteiger partial charge in [-0.05, 0) is 86.3 Å². The second-order valence-electron chi connectivity index (χ2n) is 11.5. The molecule has 3 aliphatic carbocycles. The van der Waals surface area contributed by atoms with Crippen molar-refractivity contribution in [2.45, 2.75) is 57.1 Å². The Hall–Kier alpha value is -3.76. The minimum absolute atomic E-state index is 0.00536. The van der Waals surface area contributed by atoms with Crippen LogP contribution in [0.1, 0.15) is 67.0 Å².